The number of benzene rings is 1. The van der Waals surface area contributed by atoms with Crippen LogP contribution in [-0.4, -0.2) is 14.9 Å². The third-order valence-corrected chi connectivity index (χ3v) is 3.88. The Morgan fingerprint density at radius 1 is 1.21 bits per heavy atom. The molecule has 1 N–H and O–H groups in total. The summed E-state index contributed by atoms with van der Waals surface area (Å²) in [6, 6.07) is 8.50. The molecule has 2 aromatic rings. The maximum Gasteiger partial charge on any atom is 0.214 e. The fourth-order valence-corrected chi connectivity index (χ4v) is 2.75. The van der Waals surface area contributed by atoms with Crippen molar-refractivity contribution in [2.75, 3.05) is 5.43 Å². The molecule has 2 heterocycles. The fraction of sp³-hybridized carbons (Fsp3) is 0.286. The van der Waals surface area contributed by atoms with Gasteiger partial charge in [-0.15, -0.1) is 10.2 Å². The van der Waals surface area contributed by atoms with E-state index in [1.54, 1.807) is 11.8 Å². The lowest BCUT2D eigenvalue weighted by atomic mass is 10.1. The normalized spacial score (nSPS) is 13.7. The minimum Gasteiger partial charge on any atom is -0.290 e. The van der Waals surface area contributed by atoms with Gasteiger partial charge < -0.3 is 0 Å². The highest BCUT2D eigenvalue weighted by Gasteiger charge is 2.17. The topological polar surface area (TPSA) is 42.7 Å². The van der Waals surface area contributed by atoms with Crippen molar-refractivity contribution in [2.45, 2.75) is 31.8 Å². The molecule has 1 aliphatic rings. The Labute approximate surface area is 116 Å². The molecule has 0 saturated carbocycles. The Morgan fingerprint density at radius 3 is 2.74 bits per heavy atom. The monoisotopic (exact) mass is 272 g/mol. The molecule has 0 radical (unpaired) electrons. The molecule has 0 unspecified atom stereocenters. The van der Waals surface area contributed by atoms with Gasteiger partial charge in [-0.1, -0.05) is 48.5 Å². The molecule has 0 fully saturated rings. The Kier molecular flexibility index (Phi) is 3.29. The number of nitrogens with zero attached hydrogens (tertiary/aromatic N) is 3. The highest BCUT2D eigenvalue weighted by Crippen LogP contribution is 2.28. The Hall–Kier alpha value is -1.75. The van der Waals surface area contributed by atoms with E-state index < -0.39 is 0 Å². The number of hydrogen-bond donors (Lipinski definition) is 1. The smallest absolute Gasteiger partial charge is 0.214 e. The maximum atomic E-state index is 4.23. The van der Waals surface area contributed by atoms with Gasteiger partial charge in [-0.3, -0.25) is 5.43 Å². The van der Waals surface area contributed by atoms with Crippen LogP contribution < -0.4 is 5.43 Å². The van der Waals surface area contributed by atoms with E-state index in [0.29, 0.717) is 0 Å². The number of fused-ring (bicyclic) bond motifs is 1. The molecule has 0 spiro atoms. The van der Waals surface area contributed by atoms with E-state index in [9.17, 15) is 0 Å². The largest absolute Gasteiger partial charge is 0.290 e. The third kappa shape index (κ3) is 2.38. The molecule has 1 aromatic carbocycles. The van der Waals surface area contributed by atoms with Crippen molar-refractivity contribution in [1.29, 1.82) is 0 Å². The number of aryl methyl sites for hydroxylation is 2. The molecular formula is C14H16N4S. The average molecular weight is 272 g/mol. The van der Waals surface area contributed by atoms with Gasteiger partial charge in [-0.2, -0.15) is 0 Å². The summed E-state index contributed by atoms with van der Waals surface area (Å²) in [5, 5.41) is 11.4. The molecule has 4 nitrogen and oxygen atoms in total. The zero-order chi connectivity index (χ0) is 13.2. The Morgan fingerprint density at radius 2 is 2.00 bits per heavy atom. The van der Waals surface area contributed by atoms with E-state index in [0.717, 1.165) is 29.5 Å². The van der Waals surface area contributed by atoms with Crippen molar-refractivity contribution in [1.82, 2.24) is 14.9 Å². The average Bonchev–Trinajstić information content (AvgIpc) is 2.83. The second kappa shape index (κ2) is 5.09. The quantitative estimate of drug-likeness (QED) is 0.932. The fourth-order valence-electron chi connectivity index (χ4n) is 2.00. The zero-order valence-corrected chi connectivity index (χ0v) is 11.9. The van der Waals surface area contributed by atoms with Crippen molar-refractivity contribution < 1.29 is 0 Å². The Balaban J connectivity index is 1.88. The van der Waals surface area contributed by atoms with Crippen LogP contribution in [-0.2, 0) is 6.42 Å². The van der Waals surface area contributed by atoms with Gasteiger partial charge in [-0.05, 0) is 18.9 Å². The molecule has 0 aliphatic carbocycles. The first-order valence-corrected chi connectivity index (χ1v) is 7.31. The summed E-state index contributed by atoms with van der Waals surface area (Å²) in [5.41, 5.74) is 6.94. The lowest BCUT2D eigenvalue weighted by Crippen LogP contribution is -2.19. The molecule has 0 amide bonds. The predicted molar refractivity (Wildman–Crippen MR) is 78.4 cm³/mol. The molecule has 98 valence electrons. The van der Waals surface area contributed by atoms with E-state index in [-0.39, 0.29) is 0 Å². The van der Waals surface area contributed by atoms with Crippen molar-refractivity contribution >= 4 is 17.5 Å². The van der Waals surface area contributed by atoms with Crippen LogP contribution in [0.1, 0.15) is 30.3 Å². The van der Waals surface area contributed by atoms with Crippen LogP contribution >= 0.6 is 11.8 Å². The van der Waals surface area contributed by atoms with E-state index in [4.69, 9.17) is 0 Å². The van der Waals surface area contributed by atoms with E-state index in [1.807, 2.05) is 4.68 Å². The van der Waals surface area contributed by atoms with Crippen LogP contribution in [0.3, 0.4) is 0 Å². The summed E-state index contributed by atoms with van der Waals surface area (Å²) in [4.78, 5) is 0. The minimum absolute atomic E-state index is 0.902. The molecule has 19 heavy (non-hydrogen) atoms. The summed E-state index contributed by atoms with van der Waals surface area (Å²) >= 11 is 1.61. The van der Waals surface area contributed by atoms with Crippen LogP contribution in [0.25, 0.3) is 5.70 Å². The van der Waals surface area contributed by atoms with Gasteiger partial charge in [0.05, 0.1) is 5.70 Å². The molecule has 0 saturated heterocycles. The number of thioether (sulfide) groups is 1. The molecule has 1 aromatic heterocycles. The van der Waals surface area contributed by atoms with Gasteiger partial charge in [0.1, 0.15) is 0 Å². The van der Waals surface area contributed by atoms with E-state index >= 15 is 0 Å². The maximum absolute atomic E-state index is 4.23. The van der Waals surface area contributed by atoms with Crippen LogP contribution in [0, 0.1) is 6.92 Å². The minimum atomic E-state index is 0.902. The van der Waals surface area contributed by atoms with Crippen molar-refractivity contribution in [3.8, 4) is 0 Å². The zero-order valence-electron chi connectivity index (χ0n) is 11.1. The van der Waals surface area contributed by atoms with Crippen LogP contribution in [0.2, 0.25) is 0 Å². The predicted octanol–water partition coefficient (Wildman–Crippen LogP) is 3.19. The third-order valence-electron chi connectivity index (χ3n) is 3.05. The summed E-state index contributed by atoms with van der Waals surface area (Å²) in [6.07, 6.45) is 2.00. The van der Waals surface area contributed by atoms with Crippen molar-refractivity contribution in [3.63, 3.8) is 0 Å². The second-order valence-electron chi connectivity index (χ2n) is 4.61. The number of hydrogen-bond acceptors (Lipinski definition) is 4. The first kappa shape index (κ1) is 12.3. The van der Waals surface area contributed by atoms with Gasteiger partial charge in [-0.25, -0.2) is 4.68 Å². The van der Waals surface area contributed by atoms with Crippen LogP contribution in [0.5, 0.6) is 0 Å². The van der Waals surface area contributed by atoms with Crippen LogP contribution in [0.4, 0.5) is 0 Å². The molecule has 0 bridgehead atoms. The molecule has 1 aliphatic heterocycles. The lowest BCUT2D eigenvalue weighted by Gasteiger charge is -2.19. The van der Waals surface area contributed by atoms with E-state index in [1.165, 1.54) is 11.1 Å². The molecule has 0 atom stereocenters. The molecular weight excluding hydrogens is 256 g/mol. The van der Waals surface area contributed by atoms with Crippen molar-refractivity contribution in [3.05, 3.63) is 46.6 Å². The molecule has 5 heteroatoms. The van der Waals surface area contributed by atoms with Gasteiger partial charge in [0, 0.05) is 11.8 Å². The van der Waals surface area contributed by atoms with Gasteiger partial charge in [0.25, 0.3) is 0 Å². The highest BCUT2D eigenvalue weighted by atomic mass is 32.2. The van der Waals surface area contributed by atoms with E-state index in [2.05, 4.69) is 59.1 Å². The number of rotatable bonds is 3. The van der Waals surface area contributed by atoms with Crippen LogP contribution in [0.15, 0.2) is 34.8 Å². The summed E-state index contributed by atoms with van der Waals surface area (Å²) < 4.78 is 1.99. The lowest BCUT2D eigenvalue weighted by molar-refractivity contribution is 0.741. The summed E-state index contributed by atoms with van der Waals surface area (Å²) in [7, 11) is 0. The van der Waals surface area contributed by atoms with Gasteiger partial charge in [0.15, 0.2) is 5.82 Å². The first-order chi connectivity index (χ1) is 9.28. The van der Waals surface area contributed by atoms with Gasteiger partial charge >= 0.3 is 0 Å². The van der Waals surface area contributed by atoms with Crippen molar-refractivity contribution in [2.24, 2.45) is 0 Å². The van der Waals surface area contributed by atoms with Gasteiger partial charge in [0.2, 0.25) is 5.16 Å². The molecule has 3 rings (SSSR count). The standard InChI is InChI=1S/C14H16N4S/c1-3-4-13-15-16-14-18(13)17-12(9-19-14)11-7-5-10(2)6-8-11/h5-9,17H,3-4H2,1-2H3. The summed E-state index contributed by atoms with van der Waals surface area (Å²) in [6.45, 7) is 4.24. The Bertz CT molecular complexity index is 613. The number of nitrogens with one attached hydrogen (secondary N) is 1. The second-order valence-corrected chi connectivity index (χ2v) is 5.45. The highest BCUT2D eigenvalue weighted by molar-refractivity contribution is 8.02. The SMILES string of the molecule is CCCc1nnc2n1NC(c1ccc(C)cc1)=CS2. The first-order valence-electron chi connectivity index (χ1n) is 6.43. The number of aromatic nitrogens is 3. The summed E-state index contributed by atoms with van der Waals surface area (Å²) in [5.74, 6) is 0.989.